The van der Waals surface area contributed by atoms with Crippen molar-refractivity contribution in [3.8, 4) is 11.1 Å². The number of nitrogens with one attached hydrogen (secondary N) is 1. The molecule has 0 radical (unpaired) electrons. The molecule has 35 heavy (non-hydrogen) atoms. The lowest BCUT2D eigenvalue weighted by atomic mass is 9.99. The number of anilines is 2. The van der Waals surface area contributed by atoms with Crippen molar-refractivity contribution in [2.24, 2.45) is 0 Å². The molecule has 3 aliphatic heterocycles. The number of piperazine rings is 1. The number of carbonyl (C=O) groups excluding carboxylic acids is 3. The number of amides is 3. The maximum atomic E-state index is 13.0. The van der Waals surface area contributed by atoms with E-state index in [0.717, 1.165) is 30.6 Å². The third-order valence-electron chi connectivity index (χ3n) is 7.09. The molecule has 0 unspecified atom stereocenters. The Labute approximate surface area is 205 Å². The van der Waals surface area contributed by atoms with E-state index in [1.807, 2.05) is 68.1 Å². The van der Waals surface area contributed by atoms with Crippen LogP contribution in [-0.2, 0) is 9.53 Å². The molecule has 2 bridgehead atoms. The Kier molecular flexibility index (Phi) is 6.01. The van der Waals surface area contributed by atoms with Crippen LogP contribution in [0.2, 0.25) is 0 Å². The van der Waals surface area contributed by atoms with Gasteiger partial charge in [0.2, 0.25) is 5.91 Å². The second-order valence-electron chi connectivity index (χ2n) is 10.0. The van der Waals surface area contributed by atoms with Crippen molar-refractivity contribution in [1.82, 2.24) is 10.2 Å². The molecule has 184 valence electrons. The number of nitrogens with zero attached hydrogens (tertiary/aromatic N) is 3. The van der Waals surface area contributed by atoms with Crippen LogP contribution in [0, 0.1) is 0 Å². The Morgan fingerprint density at radius 3 is 2.31 bits per heavy atom. The lowest BCUT2D eigenvalue weighted by Gasteiger charge is -2.40. The molecule has 1 N–H and O–H groups in total. The van der Waals surface area contributed by atoms with E-state index in [2.05, 4.69) is 5.32 Å². The molecule has 3 aliphatic rings. The van der Waals surface area contributed by atoms with Gasteiger partial charge in [-0.1, -0.05) is 18.2 Å². The summed E-state index contributed by atoms with van der Waals surface area (Å²) in [6.07, 6.45) is 0.357. The van der Waals surface area contributed by atoms with Crippen LogP contribution in [-0.4, -0.2) is 66.7 Å². The van der Waals surface area contributed by atoms with Crippen molar-refractivity contribution < 1.29 is 19.1 Å². The Bertz CT molecular complexity index is 1160. The number of hydrogen-bond donors (Lipinski definition) is 1. The zero-order valence-corrected chi connectivity index (χ0v) is 20.7. The molecule has 2 aromatic carbocycles. The van der Waals surface area contributed by atoms with Gasteiger partial charge in [0.15, 0.2) is 0 Å². The highest BCUT2D eigenvalue weighted by Gasteiger charge is 2.40. The predicted octanol–water partition coefficient (Wildman–Crippen LogP) is 3.65. The first kappa shape index (κ1) is 23.4. The molecule has 0 spiro atoms. The Morgan fingerprint density at radius 2 is 1.71 bits per heavy atom. The van der Waals surface area contributed by atoms with Crippen molar-refractivity contribution in [2.75, 3.05) is 29.4 Å². The summed E-state index contributed by atoms with van der Waals surface area (Å²) >= 11 is 0. The maximum absolute atomic E-state index is 13.0. The number of rotatable bonds is 3. The molecule has 3 amide bonds. The quantitative estimate of drug-likeness (QED) is 0.731. The van der Waals surface area contributed by atoms with Crippen molar-refractivity contribution in [1.29, 1.82) is 0 Å². The fourth-order valence-electron chi connectivity index (χ4n) is 5.50. The van der Waals surface area contributed by atoms with Gasteiger partial charge >= 0.3 is 6.09 Å². The lowest BCUT2D eigenvalue weighted by Crippen LogP contribution is -2.51. The zero-order chi connectivity index (χ0) is 24.9. The van der Waals surface area contributed by atoms with Crippen LogP contribution < -0.4 is 15.1 Å². The fraction of sp³-hybridized carbons (Fsp3) is 0.444. The van der Waals surface area contributed by atoms with Gasteiger partial charge in [-0.05, 0) is 62.6 Å². The molecule has 3 atom stereocenters. The van der Waals surface area contributed by atoms with E-state index in [4.69, 9.17) is 4.74 Å². The van der Waals surface area contributed by atoms with Gasteiger partial charge in [-0.15, -0.1) is 0 Å². The predicted molar refractivity (Wildman–Crippen MR) is 135 cm³/mol. The molecule has 0 aliphatic carbocycles. The summed E-state index contributed by atoms with van der Waals surface area (Å²) in [7, 11) is 0. The maximum Gasteiger partial charge on any atom is 0.414 e. The molecular formula is C27H32N4O4. The van der Waals surface area contributed by atoms with Gasteiger partial charge in [0.25, 0.3) is 5.91 Å². The van der Waals surface area contributed by atoms with Gasteiger partial charge in [-0.3, -0.25) is 14.5 Å². The molecule has 8 heteroatoms. The van der Waals surface area contributed by atoms with Gasteiger partial charge in [0.05, 0.1) is 23.5 Å². The van der Waals surface area contributed by atoms with Crippen molar-refractivity contribution >= 4 is 29.3 Å². The van der Waals surface area contributed by atoms with Gasteiger partial charge in [-0.2, -0.15) is 0 Å². The first-order valence-electron chi connectivity index (χ1n) is 12.3. The SMILES string of the molecule is CC(=O)N1c2ccc(-c3ccc(C(=O)N4C[C@@H]5C[C@H]4CN5)cc3)cc2N(C(=O)OC(C)C)C[C@@H]1C. The summed E-state index contributed by atoms with van der Waals surface area (Å²) in [5.41, 5.74) is 3.83. The van der Waals surface area contributed by atoms with Gasteiger partial charge < -0.3 is 19.9 Å². The second kappa shape index (κ2) is 9.00. The number of likely N-dealkylation sites (tertiary alicyclic amines) is 1. The molecule has 0 aromatic heterocycles. The summed E-state index contributed by atoms with van der Waals surface area (Å²) in [5.74, 6) is 0.00161. The van der Waals surface area contributed by atoms with E-state index in [0.29, 0.717) is 29.5 Å². The van der Waals surface area contributed by atoms with E-state index in [1.54, 1.807) is 9.80 Å². The highest BCUT2D eigenvalue weighted by Crippen LogP contribution is 2.39. The number of carbonyl (C=O) groups is 3. The van der Waals surface area contributed by atoms with Gasteiger partial charge in [-0.25, -0.2) is 4.79 Å². The second-order valence-corrected chi connectivity index (χ2v) is 10.0. The van der Waals surface area contributed by atoms with E-state index in [1.165, 1.54) is 6.92 Å². The first-order valence-corrected chi connectivity index (χ1v) is 12.3. The molecule has 8 nitrogen and oxygen atoms in total. The lowest BCUT2D eigenvalue weighted by molar-refractivity contribution is -0.117. The van der Waals surface area contributed by atoms with Crippen LogP contribution in [0.5, 0.6) is 0 Å². The largest absolute Gasteiger partial charge is 0.446 e. The minimum Gasteiger partial charge on any atom is -0.446 e. The van der Waals surface area contributed by atoms with Crippen LogP contribution >= 0.6 is 0 Å². The summed E-state index contributed by atoms with van der Waals surface area (Å²) in [6, 6.07) is 13.9. The van der Waals surface area contributed by atoms with Crippen molar-refractivity contribution in [3.05, 3.63) is 48.0 Å². The molecule has 3 heterocycles. The molecule has 5 rings (SSSR count). The monoisotopic (exact) mass is 476 g/mol. The average molecular weight is 477 g/mol. The third-order valence-corrected chi connectivity index (χ3v) is 7.09. The minimum absolute atomic E-state index is 0.0722. The summed E-state index contributed by atoms with van der Waals surface area (Å²) < 4.78 is 5.48. The van der Waals surface area contributed by atoms with Crippen molar-refractivity contribution in [2.45, 2.75) is 58.3 Å². The zero-order valence-electron chi connectivity index (χ0n) is 20.7. The summed E-state index contributed by atoms with van der Waals surface area (Å²) in [5, 5.41) is 3.43. The Morgan fingerprint density at radius 1 is 1.00 bits per heavy atom. The standard InChI is InChI=1S/C27H32N4O4/c1-16(2)35-27(34)30-14-17(3)31(18(4)32)24-10-9-21(11-25(24)30)19-5-7-20(8-6-19)26(33)29-15-22-12-23(29)13-28-22/h5-11,16-17,22-23,28H,12-15H2,1-4H3/t17-,22-,23-/m0/s1. The Hall–Kier alpha value is -3.39. The van der Waals surface area contributed by atoms with Crippen LogP contribution in [0.15, 0.2) is 42.5 Å². The van der Waals surface area contributed by atoms with Crippen molar-refractivity contribution in [3.63, 3.8) is 0 Å². The van der Waals surface area contributed by atoms with Gasteiger partial charge in [0, 0.05) is 44.2 Å². The fourth-order valence-corrected chi connectivity index (χ4v) is 5.50. The minimum atomic E-state index is -0.427. The average Bonchev–Trinajstić information content (AvgIpc) is 3.46. The smallest absolute Gasteiger partial charge is 0.414 e. The summed E-state index contributed by atoms with van der Waals surface area (Å²) in [6.45, 7) is 9.08. The van der Waals surface area contributed by atoms with Crippen LogP contribution in [0.3, 0.4) is 0 Å². The van der Waals surface area contributed by atoms with E-state index >= 15 is 0 Å². The summed E-state index contributed by atoms with van der Waals surface area (Å²) in [4.78, 5) is 43.6. The topological polar surface area (TPSA) is 82.2 Å². The molecular weight excluding hydrogens is 444 g/mol. The van der Waals surface area contributed by atoms with E-state index in [-0.39, 0.29) is 30.0 Å². The van der Waals surface area contributed by atoms with Gasteiger partial charge in [0.1, 0.15) is 0 Å². The molecule has 0 saturated carbocycles. The van der Waals surface area contributed by atoms with E-state index < -0.39 is 6.09 Å². The molecule has 2 aromatic rings. The normalized spacial score (nSPS) is 23.0. The molecule has 2 saturated heterocycles. The highest BCUT2D eigenvalue weighted by atomic mass is 16.6. The molecule has 2 fully saturated rings. The Balaban J connectivity index is 1.44. The van der Waals surface area contributed by atoms with Crippen LogP contribution in [0.25, 0.3) is 11.1 Å². The number of fused-ring (bicyclic) bond motifs is 3. The number of benzene rings is 2. The van der Waals surface area contributed by atoms with Crippen LogP contribution in [0.1, 0.15) is 44.5 Å². The highest BCUT2D eigenvalue weighted by molar-refractivity contribution is 6.03. The first-order chi connectivity index (χ1) is 16.7. The number of ether oxygens (including phenoxy) is 1. The van der Waals surface area contributed by atoms with Crippen LogP contribution in [0.4, 0.5) is 16.2 Å². The number of hydrogen-bond acceptors (Lipinski definition) is 5. The third kappa shape index (κ3) is 4.27. The van der Waals surface area contributed by atoms with E-state index in [9.17, 15) is 14.4 Å².